The molecule has 0 rings (SSSR count). The van der Waals surface area contributed by atoms with E-state index in [4.69, 9.17) is 0 Å². The monoisotopic (exact) mass is 146 g/mol. The first kappa shape index (κ1) is 8.43. The summed E-state index contributed by atoms with van der Waals surface area (Å²) < 4.78 is 20.2. The number of hydrogen-bond donors (Lipinski definition) is 0. The minimum atomic E-state index is -2.03. The molecule has 0 bridgehead atoms. The fourth-order valence-corrected chi connectivity index (χ4v) is 0.547. The van der Waals surface area contributed by atoms with Crippen molar-refractivity contribution in [3.05, 3.63) is 12.2 Å². The third-order valence-electron chi connectivity index (χ3n) is 0.851. The predicted octanol–water partition coefficient (Wildman–Crippen LogP) is 1.02. The van der Waals surface area contributed by atoms with Gasteiger partial charge in [-0.25, -0.2) is 0 Å². The predicted molar refractivity (Wildman–Crippen MR) is 39.0 cm³/mol. The van der Waals surface area contributed by atoms with E-state index in [1.54, 1.807) is 13.0 Å². The lowest BCUT2D eigenvalue weighted by Gasteiger charge is -1.77. The van der Waals surface area contributed by atoms with Gasteiger partial charge in [-0.1, -0.05) is 13.0 Å². The van der Waals surface area contributed by atoms with Crippen LogP contribution < -0.4 is 0 Å². The molecule has 0 aromatic heterocycles. The first-order valence-corrected chi connectivity index (χ1v) is 3.85. The van der Waals surface area contributed by atoms with E-state index >= 15 is 0 Å². The first-order chi connectivity index (χ1) is 4.18. The average Bonchev–Trinajstić information content (AvgIpc) is 1.82. The summed E-state index contributed by atoms with van der Waals surface area (Å²) in [4.78, 5) is 0.386. The Bertz CT molecular complexity index is 213. The van der Waals surface area contributed by atoms with E-state index in [-0.39, 0.29) is 0 Å². The Labute approximate surface area is 56.7 Å². The van der Waals surface area contributed by atoms with Crippen LogP contribution in [0.5, 0.6) is 0 Å². The van der Waals surface area contributed by atoms with Gasteiger partial charge in [-0.05, 0) is 19.4 Å². The maximum Gasteiger partial charge on any atom is 0.216 e. The molecule has 0 amide bonds. The molecule has 0 aromatic rings. The van der Waals surface area contributed by atoms with Crippen LogP contribution in [0.15, 0.2) is 12.2 Å². The van der Waals surface area contributed by atoms with Crippen LogP contribution in [0.25, 0.3) is 0 Å². The van der Waals surface area contributed by atoms with Gasteiger partial charge in [-0.2, -0.15) is 8.42 Å². The Balaban J connectivity index is 4.27. The Morgan fingerprint density at radius 3 is 2.44 bits per heavy atom. The lowest BCUT2D eigenvalue weighted by molar-refractivity contribution is 0.627. The molecular weight excluding hydrogens is 136 g/mol. The molecule has 0 aliphatic heterocycles. The van der Waals surface area contributed by atoms with Crippen LogP contribution >= 0.6 is 0 Å². The molecule has 9 heavy (non-hydrogen) atoms. The lowest BCUT2D eigenvalue weighted by Crippen LogP contribution is -1.83. The van der Waals surface area contributed by atoms with Crippen molar-refractivity contribution in [2.75, 3.05) is 0 Å². The van der Waals surface area contributed by atoms with Gasteiger partial charge >= 0.3 is 0 Å². The molecule has 0 unspecified atom stereocenters. The molecule has 0 heterocycles. The van der Waals surface area contributed by atoms with Crippen molar-refractivity contribution in [2.45, 2.75) is 20.3 Å². The zero-order chi connectivity index (χ0) is 7.28. The summed E-state index contributed by atoms with van der Waals surface area (Å²) in [6, 6.07) is 0. The van der Waals surface area contributed by atoms with Crippen LogP contribution in [0.1, 0.15) is 20.3 Å². The van der Waals surface area contributed by atoms with Gasteiger partial charge in [0.2, 0.25) is 10.3 Å². The smallest absolute Gasteiger partial charge is 0.184 e. The molecule has 0 spiro atoms. The van der Waals surface area contributed by atoms with E-state index in [0.29, 0.717) is 4.86 Å². The van der Waals surface area contributed by atoms with E-state index in [1.807, 2.05) is 13.0 Å². The summed E-state index contributed by atoms with van der Waals surface area (Å²) >= 11 is 0. The first-order valence-electron chi connectivity index (χ1n) is 2.77. The lowest BCUT2D eigenvalue weighted by atomic mass is 10.4. The van der Waals surface area contributed by atoms with Gasteiger partial charge in [-0.3, -0.25) is 0 Å². The summed E-state index contributed by atoms with van der Waals surface area (Å²) in [6.45, 7) is 3.52. The molecule has 52 valence electrons. The molecule has 0 aliphatic rings. The highest BCUT2D eigenvalue weighted by Crippen LogP contribution is 1.80. The minimum Gasteiger partial charge on any atom is -0.184 e. The van der Waals surface area contributed by atoms with Gasteiger partial charge < -0.3 is 0 Å². The Hall–Kier alpha value is -0.570. The van der Waals surface area contributed by atoms with Gasteiger partial charge in [0.1, 0.15) is 0 Å². The Morgan fingerprint density at radius 2 is 2.11 bits per heavy atom. The quantitative estimate of drug-likeness (QED) is 0.430. The fourth-order valence-electron chi connectivity index (χ4n) is 0.339. The number of allylic oxidation sites excluding steroid dienone is 2. The van der Waals surface area contributed by atoms with E-state index in [1.165, 1.54) is 0 Å². The summed E-state index contributed by atoms with van der Waals surface area (Å²) in [6.07, 6.45) is 4.28. The Morgan fingerprint density at radius 1 is 1.56 bits per heavy atom. The van der Waals surface area contributed by atoms with Crippen molar-refractivity contribution in [1.82, 2.24) is 0 Å². The molecule has 3 heteroatoms. The third-order valence-corrected chi connectivity index (χ3v) is 1.51. The van der Waals surface area contributed by atoms with Gasteiger partial charge in [0.15, 0.2) is 0 Å². The van der Waals surface area contributed by atoms with Crippen molar-refractivity contribution in [2.24, 2.45) is 0 Å². The second kappa shape index (κ2) is 4.32. The van der Waals surface area contributed by atoms with Crippen LogP contribution in [0.2, 0.25) is 0 Å². The molecular formula is C6H10O2S. The Kier molecular flexibility index (Phi) is 4.05. The van der Waals surface area contributed by atoms with Crippen molar-refractivity contribution < 1.29 is 8.42 Å². The second-order valence-electron chi connectivity index (χ2n) is 1.66. The SMILES string of the molecule is CCC=CC(C)=S(=O)=O. The molecule has 2 nitrogen and oxygen atoms in total. The van der Waals surface area contributed by atoms with Crippen molar-refractivity contribution in [3.8, 4) is 0 Å². The van der Waals surface area contributed by atoms with E-state index in [9.17, 15) is 8.42 Å². The zero-order valence-electron chi connectivity index (χ0n) is 5.59. The summed E-state index contributed by atoms with van der Waals surface area (Å²) in [5, 5.41) is 0. The number of hydrogen-bond acceptors (Lipinski definition) is 2. The van der Waals surface area contributed by atoms with Crippen LogP contribution in [0, 0.1) is 0 Å². The van der Waals surface area contributed by atoms with Gasteiger partial charge in [0.25, 0.3) is 0 Å². The van der Waals surface area contributed by atoms with Crippen LogP contribution in [-0.2, 0) is 10.3 Å². The number of rotatable bonds is 2. The second-order valence-corrected chi connectivity index (χ2v) is 2.77. The van der Waals surface area contributed by atoms with Crippen LogP contribution in [0.4, 0.5) is 0 Å². The van der Waals surface area contributed by atoms with Crippen molar-refractivity contribution in [3.63, 3.8) is 0 Å². The van der Waals surface area contributed by atoms with E-state index < -0.39 is 10.3 Å². The van der Waals surface area contributed by atoms with Crippen molar-refractivity contribution >= 4 is 15.2 Å². The molecule has 0 atom stereocenters. The van der Waals surface area contributed by atoms with Gasteiger partial charge in [0, 0.05) is 0 Å². The summed E-state index contributed by atoms with van der Waals surface area (Å²) in [5.41, 5.74) is 0. The zero-order valence-corrected chi connectivity index (χ0v) is 6.40. The molecule has 0 radical (unpaired) electrons. The average molecular weight is 146 g/mol. The normalized spacial score (nSPS) is 10.0. The molecule has 0 aromatic carbocycles. The van der Waals surface area contributed by atoms with E-state index in [0.717, 1.165) is 6.42 Å². The largest absolute Gasteiger partial charge is 0.216 e. The summed E-state index contributed by atoms with van der Waals surface area (Å²) in [5.74, 6) is 0. The fraction of sp³-hybridized carbons (Fsp3) is 0.500. The molecule has 0 saturated carbocycles. The highest BCUT2D eigenvalue weighted by molar-refractivity contribution is 7.73. The van der Waals surface area contributed by atoms with Crippen molar-refractivity contribution in [1.29, 1.82) is 0 Å². The van der Waals surface area contributed by atoms with Crippen LogP contribution in [0.3, 0.4) is 0 Å². The molecule has 0 N–H and O–H groups in total. The van der Waals surface area contributed by atoms with E-state index in [2.05, 4.69) is 0 Å². The topological polar surface area (TPSA) is 34.1 Å². The maximum atomic E-state index is 10.1. The molecule has 0 aliphatic carbocycles. The van der Waals surface area contributed by atoms with Gasteiger partial charge in [0.05, 0.1) is 4.86 Å². The standard InChI is InChI=1S/C6H10O2S/c1-3-4-5-6(2)9(7)8/h4-5H,3H2,1-2H3. The summed E-state index contributed by atoms with van der Waals surface area (Å²) in [7, 11) is -2.03. The highest BCUT2D eigenvalue weighted by atomic mass is 32.2. The molecule has 0 fully saturated rings. The van der Waals surface area contributed by atoms with Gasteiger partial charge in [-0.15, -0.1) is 0 Å². The maximum absolute atomic E-state index is 10.1. The minimum absolute atomic E-state index is 0.386. The van der Waals surface area contributed by atoms with Crippen LogP contribution in [-0.4, -0.2) is 13.3 Å². The molecule has 0 saturated heterocycles. The highest BCUT2D eigenvalue weighted by Gasteiger charge is 1.80. The third kappa shape index (κ3) is 3.97.